The second-order valence-electron chi connectivity index (χ2n) is 12.5. The van der Waals surface area contributed by atoms with Crippen LogP contribution < -0.4 is 0 Å². The lowest BCUT2D eigenvalue weighted by Gasteiger charge is -2.18. The van der Waals surface area contributed by atoms with E-state index >= 15 is 0 Å². The van der Waals surface area contributed by atoms with Crippen molar-refractivity contribution in [1.29, 1.82) is 0 Å². The summed E-state index contributed by atoms with van der Waals surface area (Å²) in [4.78, 5) is 0. The van der Waals surface area contributed by atoms with Crippen LogP contribution in [-0.2, 0) is 0 Å². The third kappa shape index (κ3) is 4.03. The van der Waals surface area contributed by atoms with Crippen LogP contribution in [0.25, 0.3) is 98.8 Å². The largest absolute Gasteiger partial charge is 0.455 e. The Kier molecular flexibility index (Phi) is 5.64. The monoisotopic (exact) mass is 596 g/mol. The van der Waals surface area contributed by atoms with Crippen LogP contribution in [0.1, 0.15) is 0 Å². The standard InChI is InChI=1S/C46H28O/c1-3-9-29(10-4-1)31-15-19-33(20-16-31)40-28-41(34-21-17-32(18-22-34)30-11-5-2-6-12-30)38-25-26-39-44-35(23-24-37(40)45(38)44)27-42-36-13-7-8-14-43(36)47-46(39)42/h1-28H. The number of benzene rings is 9. The molecule has 0 saturated heterocycles. The van der Waals surface area contributed by atoms with Crippen LogP contribution in [0.3, 0.4) is 0 Å². The van der Waals surface area contributed by atoms with Gasteiger partial charge in [-0.25, -0.2) is 0 Å². The van der Waals surface area contributed by atoms with E-state index in [1.165, 1.54) is 76.8 Å². The van der Waals surface area contributed by atoms with Gasteiger partial charge in [-0.05, 0) is 90.3 Å². The number of fused-ring (bicyclic) bond motifs is 4. The second-order valence-corrected chi connectivity index (χ2v) is 12.5. The van der Waals surface area contributed by atoms with Gasteiger partial charge in [-0.3, -0.25) is 0 Å². The molecule has 0 aliphatic heterocycles. The van der Waals surface area contributed by atoms with Crippen LogP contribution in [0.15, 0.2) is 174 Å². The van der Waals surface area contributed by atoms with E-state index < -0.39 is 0 Å². The third-order valence-electron chi connectivity index (χ3n) is 9.85. The van der Waals surface area contributed by atoms with Crippen molar-refractivity contribution in [3.8, 4) is 44.5 Å². The highest BCUT2D eigenvalue weighted by atomic mass is 16.3. The summed E-state index contributed by atoms with van der Waals surface area (Å²) in [6.45, 7) is 0. The van der Waals surface area contributed by atoms with Gasteiger partial charge in [0.2, 0.25) is 0 Å². The predicted octanol–water partition coefficient (Wildman–Crippen LogP) is 13.2. The van der Waals surface area contributed by atoms with E-state index in [2.05, 4.69) is 164 Å². The molecule has 47 heavy (non-hydrogen) atoms. The number of para-hydroxylation sites is 1. The summed E-state index contributed by atoms with van der Waals surface area (Å²) >= 11 is 0. The molecular weight excluding hydrogens is 569 g/mol. The maximum absolute atomic E-state index is 6.55. The highest BCUT2D eigenvalue weighted by Gasteiger charge is 2.20. The molecule has 0 aliphatic rings. The summed E-state index contributed by atoms with van der Waals surface area (Å²) < 4.78 is 6.55. The SMILES string of the molecule is c1ccc(-c2ccc(-c3cc(-c4ccc(-c5ccccc5)cc4)c4ccc5c6oc7ccccc7c6cc6ccc3c4c65)cc2)cc1. The van der Waals surface area contributed by atoms with Gasteiger partial charge < -0.3 is 4.42 Å². The minimum Gasteiger partial charge on any atom is -0.455 e. The molecular formula is C46H28O. The van der Waals surface area contributed by atoms with Crippen LogP contribution in [0.2, 0.25) is 0 Å². The van der Waals surface area contributed by atoms with Crippen LogP contribution in [0.5, 0.6) is 0 Å². The van der Waals surface area contributed by atoms with Gasteiger partial charge in [0.15, 0.2) is 0 Å². The van der Waals surface area contributed by atoms with Gasteiger partial charge in [0.05, 0.1) is 0 Å². The van der Waals surface area contributed by atoms with Gasteiger partial charge in [-0.2, -0.15) is 0 Å². The molecule has 0 amide bonds. The fourth-order valence-electron chi connectivity index (χ4n) is 7.57. The highest BCUT2D eigenvalue weighted by molar-refractivity contribution is 6.33. The van der Waals surface area contributed by atoms with E-state index in [4.69, 9.17) is 4.42 Å². The molecule has 0 spiro atoms. The lowest BCUT2D eigenvalue weighted by Crippen LogP contribution is -1.92. The molecule has 9 aromatic carbocycles. The first kappa shape index (κ1) is 26.1. The Hall–Kier alpha value is -6.18. The fraction of sp³-hybridized carbons (Fsp3) is 0. The summed E-state index contributed by atoms with van der Waals surface area (Å²) in [5.41, 5.74) is 11.7. The van der Waals surface area contributed by atoms with Crippen molar-refractivity contribution in [2.24, 2.45) is 0 Å². The fourth-order valence-corrected chi connectivity index (χ4v) is 7.57. The van der Waals surface area contributed by atoms with Crippen LogP contribution in [-0.4, -0.2) is 0 Å². The van der Waals surface area contributed by atoms with Gasteiger partial charge >= 0.3 is 0 Å². The van der Waals surface area contributed by atoms with Gasteiger partial charge in [0.25, 0.3) is 0 Å². The van der Waals surface area contributed by atoms with E-state index in [-0.39, 0.29) is 0 Å². The Balaban J connectivity index is 1.25. The maximum atomic E-state index is 6.55. The van der Waals surface area contributed by atoms with E-state index in [9.17, 15) is 0 Å². The molecule has 0 unspecified atom stereocenters. The van der Waals surface area contributed by atoms with Crippen LogP contribution in [0, 0.1) is 0 Å². The Morgan fingerprint density at radius 3 is 1.40 bits per heavy atom. The first-order valence-electron chi connectivity index (χ1n) is 16.2. The molecule has 1 aromatic heterocycles. The molecule has 1 heterocycles. The molecule has 1 heteroatoms. The average molecular weight is 597 g/mol. The number of rotatable bonds is 4. The summed E-state index contributed by atoms with van der Waals surface area (Å²) in [6.07, 6.45) is 0. The summed E-state index contributed by atoms with van der Waals surface area (Å²) in [5.74, 6) is 0. The molecule has 218 valence electrons. The molecule has 10 rings (SSSR count). The van der Waals surface area contributed by atoms with Crippen molar-refractivity contribution in [2.75, 3.05) is 0 Å². The highest BCUT2D eigenvalue weighted by Crippen LogP contribution is 2.47. The Labute approximate surface area is 272 Å². The first-order chi connectivity index (χ1) is 23.3. The van der Waals surface area contributed by atoms with Crippen molar-refractivity contribution in [3.05, 3.63) is 170 Å². The van der Waals surface area contributed by atoms with Crippen molar-refractivity contribution in [2.45, 2.75) is 0 Å². The number of hydrogen-bond acceptors (Lipinski definition) is 1. The van der Waals surface area contributed by atoms with Gasteiger partial charge in [0, 0.05) is 21.5 Å². The van der Waals surface area contributed by atoms with E-state index in [0.717, 1.165) is 21.9 Å². The lowest BCUT2D eigenvalue weighted by molar-refractivity contribution is 0.673. The summed E-state index contributed by atoms with van der Waals surface area (Å²) in [7, 11) is 0. The van der Waals surface area contributed by atoms with Crippen LogP contribution >= 0.6 is 0 Å². The zero-order chi connectivity index (χ0) is 30.9. The van der Waals surface area contributed by atoms with Crippen molar-refractivity contribution >= 4 is 54.3 Å². The topological polar surface area (TPSA) is 13.1 Å². The third-order valence-corrected chi connectivity index (χ3v) is 9.85. The quantitative estimate of drug-likeness (QED) is 0.184. The Morgan fingerprint density at radius 1 is 0.298 bits per heavy atom. The minimum absolute atomic E-state index is 0.927. The molecule has 0 saturated carbocycles. The minimum atomic E-state index is 0.927. The molecule has 0 N–H and O–H groups in total. The van der Waals surface area contributed by atoms with E-state index in [1.54, 1.807) is 0 Å². The van der Waals surface area contributed by atoms with E-state index in [0.29, 0.717) is 0 Å². The van der Waals surface area contributed by atoms with Crippen LogP contribution in [0.4, 0.5) is 0 Å². The molecule has 0 atom stereocenters. The van der Waals surface area contributed by atoms with Gasteiger partial charge in [-0.15, -0.1) is 0 Å². The smallest absolute Gasteiger partial charge is 0.143 e. The lowest BCUT2D eigenvalue weighted by atomic mass is 9.84. The number of hydrogen-bond donors (Lipinski definition) is 0. The van der Waals surface area contributed by atoms with Gasteiger partial charge in [0.1, 0.15) is 11.2 Å². The van der Waals surface area contributed by atoms with Crippen molar-refractivity contribution in [1.82, 2.24) is 0 Å². The molecule has 1 nitrogen and oxygen atoms in total. The molecule has 0 radical (unpaired) electrons. The second kappa shape index (κ2) is 10.2. The zero-order valence-corrected chi connectivity index (χ0v) is 25.6. The van der Waals surface area contributed by atoms with E-state index in [1.807, 2.05) is 6.07 Å². The number of furan rings is 1. The Bertz CT molecular complexity index is 2630. The normalized spacial score (nSPS) is 11.8. The molecule has 10 aromatic rings. The summed E-state index contributed by atoms with van der Waals surface area (Å²) in [5, 5.41) is 9.78. The Morgan fingerprint density at radius 2 is 0.787 bits per heavy atom. The van der Waals surface area contributed by atoms with Crippen molar-refractivity contribution < 1.29 is 4.42 Å². The summed E-state index contributed by atoms with van der Waals surface area (Å²) in [6, 6.07) is 61.5. The zero-order valence-electron chi connectivity index (χ0n) is 25.6. The molecule has 0 aliphatic carbocycles. The molecule has 0 fully saturated rings. The average Bonchev–Trinajstić information content (AvgIpc) is 3.53. The predicted molar refractivity (Wildman–Crippen MR) is 199 cm³/mol. The molecule has 0 bridgehead atoms. The van der Waals surface area contributed by atoms with Crippen molar-refractivity contribution in [3.63, 3.8) is 0 Å². The first-order valence-corrected chi connectivity index (χ1v) is 16.2. The van der Waals surface area contributed by atoms with Gasteiger partial charge in [-0.1, -0.05) is 146 Å². The maximum Gasteiger partial charge on any atom is 0.143 e.